The molecule has 3 unspecified atom stereocenters. The smallest absolute Gasteiger partial charge is 0.131 e. The second-order valence-electron chi connectivity index (χ2n) is 5.91. The van der Waals surface area contributed by atoms with E-state index in [9.17, 15) is 0 Å². The number of hydrogen-bond donors (Lipinski definition) is 1. The van der Waals surface area contributed by atoms with Crippen molar-refractivity contribution >= 4 is 0 Å². The van der Waals surface area contributed by atoms with Crippen molar-refractivity contribution in [2.75, 3.05) is 41.0 Å². The highest BCUT2D eigenvalue weighted by Gasteiger charge is 2.32. The van der Waals surface area contributed by atoms with E-state index >= 15 is 0 Å². The molecule has 0 saturated carbocycles. The Bertz CT molecular complexity index is 488. The third kappa shape index (κ3) is 3.88. The van der Waals surface area contributed by atoms with Crippen LogP contribution in [0.3, 0.4) is 0 Å². The van der Waals surface area contributed by atoms with Gasteiger partial charge < -0.3 is 24.7 Å². The summed E-state index contributed by atoms with van der Waals surface area (Å²) in [6.45, 7) is 6.28. The molecule has 0 bridgehead atoms. The summed E-state index contributed by atoms with van der Waals surface area (Å²) in [4.78, 5) is 2.34. The minimum absolute atomic E-state index is 0.000365. The van der Waals surface area contributed by atoms with Gasteiger partial charge in [0.1, 0.15) is 17.2 Å². The van der Waals surface area contributed by atoms with Gasteiger partial charge in [-0.1, -0.05) is 0 Å². The van der Waals surface area contributed by atoms with E-state index in [1.165, 1.54) is 0 Å². The van der Waals surface area contributed by atoms with Crippen molar-refractivity contribution in [2.45, 2.75) is 32.1 Å². The molecule has 0 spiro atoms. The Morgan fingerprint density at radius 3 is 2.00 bits per heavy atom. The van der Waals surface area contributed by atoms with Crippen LogP contribution in [0.1, 0.15) is 25.5 Å². The highest BCUT2D eigenvalue weighted by molar-refractivity contribution is 5.52. The lowest BCUT2D eigenvalue weighted by atomic mass is 10.0. The Balaban J connectivity index is 2.43. The van der Waals surface area contributed by atoms with Crippen LogP contribution in [0.15, 0.2) is 12.1 Å². The zero-order chi connectivity index (χ0) is 17.0. The molecule has 0 radical (unpaired) electrons. The summed E-state index contributed by atoms with van der Waals surface area (Å²) in [7, 11) is 4.92. The van der Waals surface area contributed by atoms with Gasteiger partial charge in [0, 0.05) is 31.8 Å². The Morgan fingerprint density at radius 2 is 1.61 bits per heavy atom. The molecule has 2 N–H and O–H groups in total. The normalized spacial score (nSPS) is 23.4. The number of methoxy groups -OCH3 is 3. The van der Waals surface area contributed by atoms with Crippen molar-refractivity contribution in [3.63, 3.8) is 0 Å². The van der Waals surface area contributed by atoms with Gasteiger partial charge in [-0.25, -0.2) is 0 Å². The zero-order valence-electron chi connectivity index (χ0n) is 14.7. The van der Waals surface area contributed by atoms with E-state index in [0.717, 1.165) is 30.2 Å². The number of nitrogens with zero attached hydrogens (tertiary/aromatic N) is 1. The van der Waals surface area contributed by atoms with Gasteiger partial charge in [0.25, 0.3) is 0 Å². The topological polar surface area (TPSA) is 66.2 Å². The Labute approximate surface area is 138 Å². The van der Waals surface area contributed by atoms with Crippen molar-refractivity contribution in [1.29, 1.82) is 0 Å². The standard InChI is InChI=1S/C17H28N2O4/c1-11-9-19(10-12(2)23-11)14(8-18)17-15(21-4)6-13(20-3)7-16(17)22-5/h6-7,11-12,14H,8-10,18H2,1-5H3. The molecule has 6 heteroatoms. The first kappa shape index (κ1) is 17.8. The average molecular weight is 324 g/mol. The number of hydrogen-bond acceptors (Lipinski definition) is 6. The predicted octanol–water partition coefficient (Wildman–Crippen LogP) is 1.82. The summed E-state index contributed by atoms with van der Waals surface area (Å²) in [6, 6.07) is 3.74. The molecular weight excluding hydrogens is 296 g/mol. The van der Waals surface area contributed by atoms with Gasteiger partial charge in [-0.2, -0.15) is 0 Å². The molecule has 1 aliphatic rings. The molecule has 1 aromatic rings. The lowest BCUT2D eigenvalue weighted by Crippen LogP contribution is -2.48. The fourth-order valence-corrected chi connectivity index (χ4v) is 3.28. The highest BCUT2D eigenvalue weighted by atomic mass is 16.5. The molecule has 6 nitrogen and oxygen atoms in total. The van der Waals surface area contributed by atoms with E-state index < -0.39 is 0 Å². The molecule has 0 aromatic heterocycles. The SMILES string of the molecule is COc1cc(OC)c(C(CN)N2CC(C)OC(C)C2)c(OC)c1. The van der Waals surface area contributed by atoms with Gasteiger partial charge in [0.05, 0.1) is 45.1 Å². The molecule has 3 atom stereocenters. The van der Waals surface area contributed by atoms with E-state index in [2.05, 4.69) is 18.7 Å². The summed E-state index contributed by atoms with van der Waals surface area (Å²) in [5, 5.41) is 0. The molecule has 1 fully saturated rings. The summed E-state index contributed by atoms with van der Waals surface area (Å²) < 4.78 is 22.3. The number of benzene rings is 1. The average Bonchev–Trinajstić information content (AvgIpc) is 2.54. The van der Waals surface area contributed by atoms with Gasteiger partial charge >= 0.3 is 0 Å². The van der Waals surface area contributed by atoms with Crippen LogP contribution in [0.25, 0.3) is 0 Å². The van der Waals surface area contributed by atoms with Crippen molar-refractivity contribution < 1.29 is 18.9 Å². The third-order valence-electron chi connectivity index (χ3n) is 4.20. The molecule has 23 heavy (non-hydrogen) atoms. The Kier molecular flexibility index (Phi) is 6.10. The number of nitrogens with two attached hydrogens (primary N) is 1. The first-order valence-electron chi connectivity index (χ1n) is 7.93. The molecular formula is C17H28N2O4. The first-order chi connectivity index (χ1) is 11.0. The van der Waals surface area contributed by atoms with E-state index in [1.54, 1.807) is 21.3 Å². The third-order valence-corrected chi connectivity index (χ3v) is 4.20. The number of morpholine rings is 1. The maximum Gasteiger partial charge on any atom is 0.131 e. The van der Waals surface area contributed by atoms with Crippen LogP contribution >= 0.6 is 0 Å². The lowest BCUT2D eigenvalue weighted by Gasteiger charge is -2.40. The van der Waals surface area contributed by atoms with Crippen molar-refractivity contribution in [3.05, 3.63) is 17.7 Å². The second-order valence-corrected chi connectivity index (χ2v) is 5.91. The van der Waals surface area contributed by atoms with Crippen LogP contribution in [0, 0.1) is 0 Å². The van der Waals surface area contributed by atoms with Crippen LogP contribution in [-0.4, -0.2) is 58.1 Å². The van der Waals surface area contributed by atoms with Gasteiger partial charge in [-0.15, -0.1) is 0 Å². The molecule has 0 aliphatic carbocycles. The lowest BCUT2D eigenvalue weighted by molar-refractivity contribution is -0.0803. The zero-order valence-corrected chi connectivity index (χ0v) is 14.7. The van der Waals surface area contributed by atoms with Crippen LogP contribution in [0.5, 0.6) is 17.2 Å². The van der Waals surface area contributed by atoms with E-state index in [0.29, 0.717) is 12.3 Å². The van der Waals surface area contributed by atoms with Crippen LogP contribution in [-0.2, 0) is 4.74 Å². The molecule has 1 heterocycles. The van der Waals surface area contributed by atoms with E-state index in [-0.39, 0.29) is 18.2 Å². The Hall–Kier alpha value is -1.50. The van der Waals surface area contributed by atoms with Crippen LogP contribution < -0.4 is 19.9 Å². The summed E-state index contributed by atoms with van der Waals surface area (Å²) in [5.41, 5.74) is 7.08. The van der Waals surface area contributed by atoms with Crippen molar-refractivity contribution in [2.24, 2.45) is 5.73 Å². The predicted molar refractivity (Wildman–Crippen MR) is 89.5 cm³/mol. The quantitative estimate of drug-likeness (QED) is 0.861. The van der Waals surface area contributed by atoms with E-state index in [1.807, 2.05) is 12.1 Å². The Morgan fingerprint density at radius 1 is 1.09 bits per heavy atom. The van der Waals surface area contributed by atoms with Crippen LogP contribution in [0.4, 0.5) is 0 Å². The summed E-state index contributed by atoms with van der Waals surface area (Å²) >= 11 is 0. The summed E-state index contributed by atoms with van der Waals surface area (Å²) in [6.07, 6.45) is 0.339. The molecule has 2 rings (SSSR count). The van der Waals surface area contributed by atoms with Crippen molar-refractivity contribution in [1.82, 2.24) is 4.90 Å². The monoisotopic (exact) mass is 324 g/mol. The molecule has 1 aromatic carbocycles. The molecule has 130 valence electrons. The van der Waals surface area contributed by atoms with Gasteiger partial charge in [0.15, 0.2) is 0 Å². The molecule has 0 amide bonds. The van der Waals surface area contributed by atoms with Crippen LogP contribution in [0.2, 0.25) is 0 Å². The maximum absolute atomic E-state index is 6.12. The highest BCUT2D eigenvalue weighted by Crippen LogP contribution is 2.40. The minimum atomic E-state index is -0.000365. The van der Waals surface area contributed by atoms with Gasteiger partial charge in [0.2, 0.25) is 0 Å². The fourth-order valence-electron chi connectivity index (χ4n) is 3.28. The van der Waals surface area contributed by atoms with Crippen molar-refractivity contribution in [3.8, 4) is 17.2 Å². The number of rotatable bonds is 6. The molecule has 1 aliphatic heterocycles. The number of ether oxygens (including phenoxy) is 4. The largest absolute Gasteiger partial charge is 0.496 e. The van der Waals surface area contributed by atoms with Gasteiger partial charge in [-0.3, -0.25) is 4.90 Å². The van der Waals surface area contributed by atoms with Gasteiger partial charge in [-0.05, 0) is 13.8 Å². The first-order valence-corrected chi connectivity index (χ1v) is 7.93. The van der Waals surface area contributed by atoms with E-state index in [4.69, 9.17) is 24.7 Å². The maximum atomic E-state index is 6.12. The second kappa shape index (κ2) is 7.86. The fraction of sp³-hybridized carbons (Fsp3) is 0.647. The summed E-state index contributed by atoms with van der Waals surface area (Å²) in [5.74, 6) is 2.15. The minimum Gasteiger partial charge on any atom is -0.496 e. The molecule has 1 saturated heterocycles.